The van der Waals surface area contributed by atoms with Crippen LogP contribution in [-0.4, -0.2) is 29.9 Å². The molecule has 5 heteroatoms. The first-order chi connectivity index (χ1) is 10.6. The van der Waals surface area contributed by atoms with Gasteiger partial charge in [-0.15, -0.1) is 11.3 Å². The van der Waals surface area contributed by atoms with Crippen LogP contribution in [0, 0.1) is 12.8 Å². The molecule has 1 aromatic rings. The van der Waals surface area contributed by atoms with Gasteiger partial charge in [0.2, 0.25) is 5.91 Å². The lowest BCUT2D eigenvalue weighted by atomic mass is 10.0. The summed E-state index contributed by atoms with van der Waals surface area (Å²) < 4.78 is 4.96. The zero-order chi connectivity index (χ0) is 15.9. The fourth-order valence-electron chi connectivity index (χ4n) is 2.64. The Kier molecular flexibility index (Phi) is 6.43. The second-order valence-electron chi connectivity index (χ2n) is 5.89. The predicted molar refractivity (Wildman–Crippen MR) is 87.7 cm³/mol. The number of hydrogen-bond acceptors (Lipinski definition) is 4. The molecule has 0 spiro atoms. The molecule has 0 bridgehead atoms. The Morgan fingerprint density at radius 3 is 2.91 bits per heavy atom. The van der Waals surface area contributed by atoms with Gasteiger partial charge in [0, 0.05) is 17.8 Å². The average molecular weight is 323 g/mol. The van der Waals surface area contributed by atoms with Crippen LogP contribution < -0.4 is 0 Å². The van der Waals surface area contributed by atoms with Crippen molar-refractivity contribution >= 4 is 23.2 Å². The van der Waals surface area contributed by atoms with E-state index in [1.807, 2.05) is 4.90 Å². The quantitative estimate of drug-likeness (QED) is 0.688. The van der Waals surface area contributed by atoms with Gasteiger partial charge in [-0.3, -0.25) is 9.59 Å². The van der Waals surface area contributed by atoms with E-state index >= 15 is 0 Å². The van der Waals surface area contributed by atoms with Crippen LogP contribution in [0.1, 0.15) is 49.5 Å². The van der Waals surface area contributed by atoms with Gasteiger partial charge in [0.25, 0.3) is 0 Å². The number of rotatable bonds is 8. The fraction of sp³-hybridized carbons (Fsp3) is 0.647. The molecule has 1 atom stereocenters. The first kappa shape index (κ1) is 17.0. The molecule has 1 aromatic heterocycles. The van der Waals surface area contributed by atoms with Gasteiger partial charge in [-0.2, -0.15) is 0 Å². The Hall–Kier alpha value is -1.36. The van der Waals surface area contributed by atoms with E-state index in [-0.39, 0.29) is 17.8 Å². The minimum absolute atomic E-state index is 0.0829. The molecule has 1 saturated heterocycles. The Bertz CT molecular complexity index is 512. The normalized spacial score (nSPS) is 17.5. The van der Waals surface area contributed by atoms with E-state index in [1.54, 1.807) is 11.3 Å². The Balaban J connectivity index is 1.90. The summed E-state index contributed by atoms with van der Waals surface area (Å²) in [6.45, 7) is 6.21. The van der Waals surface area contributed by atoms with Crippen LogP contribution >= 0.6 is 11.3 Å². The van der Waals surface area contributed by atoms with E-state index in [1.165, 1.54) is 10.4 Å². The number of esters is 1. The third kappa shape index (κ3) is 4.57. The second-order valence-corrected chi connectivity index (χ2v) is 6.89. The molecule has 22 heavy (non-hydrogen) atoms. The van der Waals surface area contributed by atoms with Gasteiger partial charge >= 0.3 is 5.97 Å². The van der Waals surface area contributed by atoms with Crippen molar-refractivity contribution in [1.29, 1.82) is 0 Å². The SMILES string of the molecule is CCCCN(Cc1sccc1C)C(=O)CCC1CCOC1=O. The average Bonchev–Trinajstić information content (AvgIpc) is 3.09. The van der Waals surface area contributed by atoms with Gasteiger partial charge in [0.15, 0.2) is 0 Å². The molecule has 0 aliphatic carbocycles. The number of thiophene rings is 1. The first-order valence-corrected chi connectivity index (χ1v) is 8.97. The van der Waals surface area contributed by atoms with Crippen LogP contribution in [0.2, 0.25) is 0 Å². The minimum Gasteiger partial charge on any atom is -0.465 e. The van der Waals surface area contributed by atoms with Crippen molar-refractivity contribution in [3.63, 3.8) is 0 Å². The molecule has 2 heterocycles. The largest absolute Gasteiger partial charge is 0.465 e. The molecule has 2 rings (SSSR count). The number of carbonyl (C=O) groups is 2. The summed E-state index contributed by atoms with van der Waals surface area (Å²) in [6, 6.07) is 2.09. The maximum atomic E-state index is 12.5. The number of carbonyl (C=O) groups excluding carboxylic acids is 2. The maximum Gasteiger partial charge on any atom is 0.309 e. The number of amides is 1. The van der Waals surface area contributed by atoms with Crippen LogP contribution in [0.25, 0.3) is 0 Å². The monoisotopic (exact) mass is 323 g/mol. The van der Waals surface area contributed by atoms with Crippen LogP contribution in [0.4, 0.5) is 0 Å². The topological polar surface area (TPSA) is 46.6 Å². The van der Waals surface area contributed by atoms with Crippen LogP contribution in [-0.2, 0) is 20.9 Å². The van der Waals surface area contributed by atoms with Crippen molar-refractivity contribution in [3.05, 3.63) is 21.9 Å². The van der Waals surface area contributed by atoms with Crippen molar-refractivity contribution in [1.82, 2.24) is 4.90 Å². The van der Waals surface area contributed by atoms with E-state index in [4.69, 9.17) is 4.74 Å². The summed E-state index contributed by atoms with van der Waals surface area (Å²) in [4.78, 5) is 27.2. The fourth-order valence-corrected chi connectivity index (χ4v) is 3.56. The summed E-state index contributed by atoms with van der Waals surface area (Å²) in [5, 5.41) is 2.07. The highest BCUT2D eigenvalue weighted by Crippen LogP contribution is 2.22. The van der Waals surface area contributed by atoms with Crippen molar-refractivity contribution in [2.24, 2.45) is 5.92 Å². The summed E-state index contributed by atoms with van der Waals surface area (Å²) in [5.41, 5.74) is 1.25. The van der Waals surface area contributed by atoms with E-state index in [0.29, 0.717) is 26.0 Å². The molecule has 0 radical (unpaired) electrons. The first-order valence-electron chi connectivity index (χ1n) is 8.09. The zero-order valence-electron chi connectivity index (χ0n) is 13.5. The molecular weight excluding hydrogens is 298 g/mol. The maximum absolute atomic E-state index is 12.5. The van der Waals surface area contributed by atoms with E-state index in [2.05, 4.69) is 25.3 Å². The number of hydrogen-bond donors (Lipinski definition) is 0. The van der Waals surface area contributed by atoms with Gasteiger partial charge < -0.3 is 9.64 Å². The van der Waals surface area contributed by atoms with Crippen LogP contribution in [0.15, 0.2) is 11.4 Å². The highest BCUT2D eigenvalue weighted by atomic mass is 32.1. The summed E-state index contributed by atoms with van der Waals surface area (Å²) >= 11 is 1.70. The number of ether oxygens (including phenoxy) is 1. The van der Waals surface area contributed by atoms with Crippen molar-refractivity contribution < 1.29 is 14.3 Å². The number of aryl methyl sites for hydroxylation is 1. The van der Waals surface area contributed by atoms with E-state index in [9.17, 15) is 9.59 Å². The third-order valence-corrected chi connectivity index (χ3v) is 5.20. The zero-order valence-corrected chi connectivity index (χ0v) is 14.3. The van der Waals surface area contributed by atoms with Gasteiger partial charge in [0.1, 0.15) is 0 Å². The molecule has 4 nitrogen and oxygen atoms in total. The molecule has 0 N–H and O–H groups in total. The van der Waals surface area contributed by atoms with E-state index in [0.717, 1.165) is 25.8 Å². The molecule has 0 aromatic carbocycles. The minimum atomic E-state index is -0.137. The predicted octanol–water partition coefficient (Wildman–Crippen LogP) is 3.53. The van der Waals surface area contributed by atoms with Crippen molar-refractivity contribution in [2.75, 3.05) is 13.2 Å². The van der Waals surface area contributed by atoms with Crippen molar-refractivity contribution in [3.8, 4) is 0 Å². The lowest BCUT2D eigenvalue weighted by Gasteiger charge is -2.23. The third-order valence-electron chi connectivity index (χ3n) is 4.19. The molecule has 1 fully saturated rings. The highest BCUT2D eigenvalue weighted by Gasteiger charge is 2.27. The second kappa shape index (κ2) is 8.32. The molecule has 0 saturated carbocycles. The summed E-state index contributed by atoms with van der Waals surface area (Å²) in [5.74, 6) is -0.0663. The highest BCUT2D eigenvalue weighted by molar-refractivity contribution is 7.10. The lowest BCUT2D eigenvalue weighted by molar-refractivity contribution is -0.141. The van der Waals surface area contributed by atoms with E-state index < -0.39 is 0 Å². The van der Waals surface area contributed by atoms with Crippen LogP contribution in [0.5, 0.6) is 0 Å². The standard InChI is InChI=1S/C17H25NO3S/c1-3-4-9-18(12-15-13(2)8-11-22-15)16(19)6-5-14-7-10-21-17(14)20/h8,11,14H,3-7,9-10,12H2,1-2H3. The summed E-state index contributed by atoms with van der Waals surface area (Å²) in [6.07, 6.45) is 3.90. The van der Waals surface area contributed by atoms with Gasteiger partial charge in [-0.25, -0.2) is 0 Å². The Labute approximate surface area is 136 Å². The smallest absolute Gasteiger partial charge is 0.309 e. The molecular formula is C17H25NO3S. The molecule has 1 aliphatic rings. The number of nitrogens with zero attached hydrogens (tertiary/aromatic N) is 1. The molecule has 1 unspecified atom stereocenters. The van der Waals surface area contributed by atoms with Crippen LogP contribution in [0.3, 0.4) is 0 Å². The molecule has 1 aliphatic heterocycles. The molecule has 122 valence electrons. The number of cyclic esters (lactones) is 1. The lowest BCUT2D eigenvalue weighted by Crippen LogP contribution is -2.31. The number of unbranched alkanes of at least 4 members (excludes halogenated alkanes) is 1. The Morgan fingerprint density at radius 1 is 1.50 bits per heavy atom. The summed E-state index contributed by atoms with van der Waals surface area (Å²) in [7, 11) is 0. The Morgan fingerprint density at radius 2 is 2.32 bits per heavy atom. The van der Waals surface area contributed by atoms with Gasteiger partial charge in [-0.1, -0.05) is 13.3 Å². The van der Waals surface area contributed by atoms with Gasteiger partial charge in [0.05, 0.1) is 19.1 Å². The van der Waals surface area contributed by atoms with Crippen molar-refractivity contribution in [2.45, 2.75) is 52.5 Å². The van der Waals surface area contributed by atoms with Gasteiger partial charge in [-0.05, 0) is 43.2 Å². The molecule has 1 amide bonds.